The fraction of sp³-hybridized carbons (Fsp3) is 0.143. The average molecular weight is 315 g/mol. The van der Waals surface area contributed by atoms with E-state index in [0.29, 0.717) is 12.1 Å². The summed E-state index contributed by atoms with van der Waals surface area (Å²) in [5, 5.41) is 0. The van der Waals surface area contributed by atoms with Crippen LogP contribution in [0.1, 0.15) is 0 Å². The minimum absolute atomic E-state index is 0.261. The maximum Gasteiger partial charge on any atom is 0.209 e. The SMILES string of the molecule is COc1cc(F)cc(F)c1[B]c1c(F)c(F)cc(F)c1OC. The Morgan fingerprint density at radius 3 is 2.05 bits per heavy atom. The van der Waals surface area contributed by atoms with E-state index < -0.39 is 40.3 Å². The van der Waals surface area contributed by atoms with Crippen LogP contribution >= 0.6 is 0 Å². The monoisotopic (exact) mass is 315 g/mol. The zero-order valence-corrected chi connectivity index (χ0v) is 11.5. The summed E-state index contributed by atoms with van der Waals surface area (Å²) in [6, 6.07) is 1.70. The molecule has 2 nitrogen and oxygen atoms in total. The second kappa shape index (κ2) is 6.25. The smallest absolute Gasteiger partial charge is 0.209 e. The molecule has 2 aromatic rings. The van der Waals surface area contributed by atoms with Crippen LogP contribution in [0.2, 0.25) is 0 Å². The van der Waals surface area contributed by atoms with Crippen LogP contribution in [-0.4, -0.2) is 21.5 Å². The fourth-order valence-corrected chi connectivity index (χ4v) is 1.95. The van der Waals surface area contributed by atoms with Crippen molar-refractivity contribution in [2.75, 3.05) is 14.2 Å². The Labute approximate surface area is 123 Å². The van der Waals surface area contributed by atoms with E-state index in [1.165, 1.54) is 0 Å². The minimum atomic E-state index is -1.47. The van der Waals surface area contributed by atoms with Gasteiger partial charge in [0.25, 0.3) is 0 Å². The highest BCUT2D eigenvalue weighted by Gasteiger charge is 2.24. The lowest BCUT2D eigenvalue weighted by Crippen LogP contribution is -2.35. The molecule has 0 unspecified atom stereocenters. The first-order valence-corrected chi connectivity index (χ1v) is 5.98. The molecule has 2 aromatic carbocycles. The largest absolute Gasteiger partial charge is 0.497 e. The van der Waals surface area contributed by atoms with Crippen molar-refractivity contribution >= 4 is 18.2 Å². The molecule has 2 rings (SSSR count). The van der Waals surface area contributed by atoms with Crippen molar-refractivity contribution in [3.8, 4) is 11.5 Å². The van der Waals surface area contributed by atoms with E-state index in [2.05, 4.69) is 4.74 Å². The number of hydrogen-bond donors (Lipinski definition) is 0. The molecule has 0 aliphatic rings. The topological polar surface area (TPSA) is 18.5 Å². The molecule has 0 spiro atoms. The van der Waals surface area contributed by atoms with Crippen LogP contribution in [-0.2, 0) is 0 Å². The zero-order chi connectivity index (χ0) is 16.4. The van der Waals surface area contributed by atoms with Crippen molar-refractivity contribution in [2.24, 2.45) is 0 Å². The Morgan fingerprint density at radius 2 is 1.45 bits per heavy atom. The molecule has 0 aliphatic carbocycles. The minimum Gasteiger partial charge on any atom is -0.497 e. The highest BCUT2D eigenvalue weighted by molar-refractivity contribution is 6.69. The quantitative estimate of drug-likeness (QED) is 0.488. The van der Waals surface area contributed by atoms with E-state index in [1.807, 2.05) is 0 Å². The van der Waals surface area contributed by atoms with Gasteiger partial charge in [0.05, 0.1) is 14.2 Å². The molecule has 0 saturated carbocycles. The predicted molar refractivity (Wildman–Crippen MR) is 70.8 cm³/mol. The van der Waals surface area contributed by atoms with E-state index in [0.717, 1.165) is 27.6 Å². The molecule has 0 atom stereocenters. The highest BCUT2D eigenvalue weighted by Crippen LogP contribution is 2.19. The standard InChI is InChI=1S/C14H9BF5O2/c1-21-10-4-6(16)3-7(17)11(10)15-12-13(20)8(18)5-9(19)14(12)22-2/h3-5H,1-2H3. The van der Waals surface area contributed by atoms with Gasteiger partial charge in [0.15, 0.2) is 23.2 Å². The first-order chi connectivity index (χ1) is 10.4. The first kappa shape index (κ1) is 16.1. The summed E-state index contributed by atoms with van der Waals surface area (Å²) in [6.07, 6.45) is 0. The second-order valence-electron chi connectivity index (χ2n) is 4.25. The van der Waals surface area contributed by atoms with Crippen molar-refractivity contribution < 1.29 is 31.4 Å². The molecule has 0 saturated heterocycles. The maximum absolute atomic E-state index is 13.9. The van der Waals surface area contributed by atoms with Gasteiger partial charge in [-0.2, -0.15) is 0 Å². The number of halogens is 5. The van der Waals surface area contributed by atoms with E-state index in [-0.39, 0.29) is 11.2 Å². The van der Waals surface area contributed by atoms with Gasteiger partial charge in [-0.25, -0.2) is 22.0 Å². The van der Waals surface area contributed by atoms with Crippen LogP contribution in [0, 0.1) is 29.1 Å². The summed E-state index contributed by atoms with van der Waals surface area (Å²) in [6.45, 7) is 0. The number of benzene rings is 2. The van der Waals surface area contributed by atoms with Gasteiger partial charge in [-0.15, -0.1) is 0 Å². The number of rotatable bonds is 4. The summed E-state index contributed by atoms with van der Waals surface area (Å²) in [4.78, 5) is 0. The van der Waals surface area contributed by atoms with Crippen molar-refractivity contribution in [1.82, 2.24) is 0 Å². The van der Waals surface area contributed by atoms with Crippen LogP contribution in [0.3, 0.4) is 0 Å². The molecule has 0 heterocycles. The Balaban J connectivity index is 2.61. The third-order valence-electron chi connectivity index (χ3n) is 2.93. The summed E-state index contributed by atoms with van der Waals surface area (Å²) in [5.41, 5.74) is -1.02. The second-order valence-corrected chi connectivity index (χ2v) is 4.25. The van der Waals surface area contributed by atoms with Gasteiger partial charge in [-0.3, -0.25) is 0 Å². The normalized spacial score (nSPS) is 10.5. The van der Waals surface area contributed by atoms with Gasteiger partial charge in [0, 0.05) is 23.7 Å². The Morgan fingerprint density at radius 1 is 0.773 bits per heavy atom. The Bertz CT molecular complexity index is 721. The van der Waals surface area contributed by atoms with Crippen molar-refractivity contribution in [1.29, 1.82) is 0 Å². The molecule has 8 heteroatoms. The van der Waals surface area contributed by atoms with Gasteiger partial charge >= 0.3 is 0 Å². The molecular weight excluding hydrogens is 306 g/mol. The van der Waals surface area contributed by atoms with Crippen LogP contribution in [0.4, 0.5) is 22.0 Å². The third-order valence-corrected chi connectivity index (χ3v) is 2.93. The number of methoxy groups -OCH3 is 2. The van der Waals surface area contributed by atoms with Crippen molar-refractivity contribution in [3.63, 3.8) is 0 Å². The molecule has 0 aliphatic heterocycles. The van der Waals surface area contributed by atoms with E-state index in [9.17, 15) is 22.0 Å². The lowest BCUT2D eigenvalue weighted by molar-refractivity contribution is 0.381. The van der Waals surface area contributed by atoms with Gasteiger partial charge in [-0.05, 0) is 5.46 Å². The van der Waals surface area contributed by atoms with Gasteiger partial charge in [-0.1, -0.05) is 0 Å². The summed E-state index contributed by atoms with van der Waals surface area (Å²) >= 11 is 0. The predicted octanol–water partition coefficient (Wildman–Crippen LogP) is 2.05. The zero-order valence-electron chi connectivity index (χ0n) is 11.5. The van der Waals surface area contributed by atoms with Crippen molar-refractivity contribution in [2.45, 2.75) is 0 Å². The van der Waals surface area contributed by atoms with Crippen LogP contribution in [0.15, 0.2) is 18.2 Å². The third kappa shape index (κ3) is 2.86. The molecule has 22 heavy (non-hydrogen) atoms. The molecule has 0 aromatic heterocycles. The van der Waals surface area contributed by atoms with E-state index in [1.54, 1.807) is 0 Å². The van der Waals surface area contributed by atoms with E-state index in [4.69, 9.17) is 4.74 Å². The average Bonchev–Trinajstić information content (AvgIpc) is 2.46. The van der Waals surface area contributed by atoms with Crippen LogP contribution in [0.25, 0.3) is 0 Å². The highest BCUT2D eigenvalue weighted by atomic mass is 19.2. The van der Waals surface area contributed by atoms with Crippen LogP contribution in [0.5, 0.6) is 11.5 Å². The van der Waals surface area contributed by atoms with Gasteiger partial charge < -0.3 is 9.47 Å². The molecular formula is C14H9BF5O2. The molecule has 0 bridgehead atoms. The lowest BCUT2D eigenvalue weighted by Gasteiger charge is -2.13. The Hall–Kier alpha value is -2.25. The summed E-state index contributed by atoms with van der Waals surface area (Å²) < 4.78 is 77.3. The molecule has 0 fully saturated rings. The number of hydrogen-bond acceptors (Lipinski definition) is 2. The van der Waals surface area contributed by atoms with E-state index >= 15 is 0 Å². The number of ether oxygens (including phenoxy) is 2. The molecule has 1 radical (unpaired) electrons. The van der Waals surface area contributed by atoms with Gasteiger partial charge in [0.2, 0.25) is 7.28 Å². The maximum atomic E-state index is 13.9. The Kier molecular flexibility index (Phi) is 4.58. The molecule has 0 amide bonds. The summed E-state index contributed by atoms with van der Waals surface area (Å²) in [7, 11) is 2.98. The molecule has 0 N–H and O–H groups in total. The fourth-order valence-electron chi connectivity index (χ4n) is 1.95. The summed E-state index contributed by atoms with van der Waals surface area (Å²) in [5.74, 6) is -6.91. The van der Waals surface area contributed by atoms with Gasteiger partial charge in [0.1, 0.15) is 17.4 Å². The van der Waals surface area contributed by atoms with Crippen molar-refractivity contribution in [3.05, 3.63) is 47.3 Å². The lowest BCUT2D eigenvalue weighted by atomic mass is 9.62. The first-order valence-electron chi connectivity index (χ1n) is 5.98. The molecule has 115 valence electrons. The van der Waals surface area contributed by atoms with Crippen LogP contribution < -0.4 is 20.4 Å².